The molecule has 1 heterocycles. The summed E-state index contributed by atoms with van der Waals surface area (Å²) in [6.45, 7) is 4.57. The van der Waals surface area contributed by atoms with Crippen molar-refractivity contribution >= 4 is 27.5 Å². The standard InChI is InChI=1S/C22H25BrN2O3/c1-22(2)15-20(16-7-4-9-18(13-16)27-3)24-25(22)21(26)11-6-12-28-19-10-5-8-17(23)14-19/h4-5,7-10,13-14H,6,11-12,15H2,1-3H3. The number of nitrogens with zero attached hydrogens (tertiary/aromatic N) is 2. The molecule has 0 aromatic heterocycles. The summed E-state index contributed by atoms with van der Waals surface area (Å²) in [5, 5.41) is 6.26. The van der Waals surface area contributed by atoms with Gasteiger partial charge in [0.1, 0.15) is 11.5 Å². The highest BCUT2D eigenvalue weighted by Gasteiger charge is 2.38. The fourth-order valence-corrected chi connectivity index (χ4v) is 3.59. The van der Waals surface area contributed by atoms with E-state index in [1.165, 1.54) is 0 Å². The van der Waals surface area contributed by atoms with Gasteiger partial charge in [-0.15, -0.1) is 0 Å². The van der Waals surface area contributed by atoms with Crippen LogP contribution in [0.3, 0.4) is 0 Å². The molecule has 1 amide bonds. The van der Waals surface area contributed by atoms with E-state index in [-0.39, 0.29) is 11.4 Å². The van der Waals surface area contributed by atoms with E-state index in [1.807, 2.05) is 62.4 Å². The van der Waals surface area contributed by atoms with Crippen LogP contribution in [0.5, 0.6) is 11.5 Å². The second kappa shape index (κ2) is 8.78. The molecule has 0 fully saturated rings. The minimum Gasteiger partial charge on any atom is -0.497 e. The molecule has 6 heteroatoms. The number of methoxy groups -OCH3 is 1. The van der Waals surface area contributed by atoms with Crippen LogP contribution < -0.4 is 9.47 Å². The van der Waals surface area contributed by atoms with Crippen LogP contribution in [0, 0.1) is 0 Å². The molecule has 28 heavy (non-hydrogen) atoms. The van der Waals surface area contributed by atoms with E-state index in [1.54, 1.807) is 12.1 Å². The number of carbonyl (C=O) groups excluding carboxylic acids is 1. The first-order valence-corrected chi connectivity index (χ1v) is 10.1. The maximum Gasteiger partial charge on any atom is 0.243 e. The predicted octanol–water partition coefficient (Wildman–Crippen LogP) is 5.03. The highest BCUT2D eigenvalue weighted by Crippen LogP contribution is 2.31. The van der Waals surface area contributed by atoms with Gasteiger partial charge < -0.3 is 9.47 Å². The molecule has 0 radical (unpaired) electrons. The van der Waals surface area contributed by atoms with E-state index >= 15 is 0 Å². The number of hydrazone groups is 1. The molecule has 0 unspecified atom stereocenters. The average molecular weight is 445 g/mol. The van der Waals surface area contributed by atoms with Gasteiger partial charge >= 0.3 is 0 Å². The third kappa shape index (κ3) is 4.93. The molecule has 2 aromatic carbocycles. The van der Waals surface area contributed by atoms with Crippen molar-refractivity contribution in [3.63, 3.8) is 0 Å². The van der Waals surface area contributed by atoms with Gasteiger partial charge in [-0.1, -0.05) is 34.1 Å². The molecule has 5 nitrogen and oxygen atoms in total. The average Bonchev–Trinajstić information content (AvgIpc) is 3.00. The van der Waals surface area contributed by atoms with Gasteiger partial charge in [0.05, 0.1) is 25.0 Å². The van der Waals surface area contributed by atoms with E-state index in [4.69, 9.17) is 9.47 Å². The van der Waals surface area contributed by atoms with Gasteiger partial charge in [0, 0.05) is 22.9 Å². The number of carbonyl (C=O) groups is 1. The van der Waals surface area contributed by atoms with Crippen molar-refractivity contribution < 1.29 is 14.3 Å². The molecule has 1 aliphatic heterocycles. The van der Waals surface area contributed by atoms with Crippen molar-refractivity contribution in [1.29, 1.82) is 0 Å². The zero-order valence-corrected chi connectivity index (χ0v) is 18.0. The molecular weight excluding hydrogens is 420 g/mol. The summed E-state index contributed by atoms with van der Waals surface area (Å²) in [6.07, 6.45) is 1.74. The molecule has 0 aliphatic carbocycles. The quantitative estimate of drug-likeness (QED) is 0.562. The van der Waals surface area contributed by atoms with Gasteiger partial charge in [-0.3, -0.25) is 4.79 Å². The van der Waals surface area contributed by atoms with Crippen LogP contribution in [0.2, 0.25) is 0 Å². The maximum absolute atomic E-state index is 12.8. The van der Waals surface area contributed by atoms with Crippen LogP contribution in [-0.2, 0) is 4.79 Å². The number of amides is 1. The Morgan fingerprint density at radius 2 is 1.93 bits per heavy atom. The summed E-state index contributed by atoms with van der Waals surface area (Å²) in [7, 11) is 1.64. The van der Waals surface area contributed by atoms with Crippen molar-refractivity contribution in [3.05, 3.63) is 58.6 Å². The summed E-state index contributed by atoms with van der Waals surface area (Å²) in [5.74, 6) is 1.59. The summed E-state index contributed by atoms with van der Waals surface area (Å²) >= 11 is 3.42. The Morgan fingerprint density at radius 1 is 1.18 bits per heavy atom. The lowest BCUT2D eigenvalue weighted by atomic mass is 9.94. The molecular formula is C22H25BrN2O3. The van der Waals surface area contributed by atoms with Crippen molar-refractivity contribution in [2.75, 3.05) is 13.7 Å². The minimum atomic E-state index is -0.347. The van der Waals surface area contributed by atoms with Crippen LogP contribution in [0.1, 0.15) is 38.7 Å². The molecule has 0 N–H and O–H groups in total. The van der Waals surface area contributed by atoms with Crippen LogP contribution in [-0.4, -0.2) is 35.9 Å². The predicted molar refractivity (Wildman–Crippen MR) is 114 cm³/mol. The fourth-order valence-electron chi connectivity index (χ4n) is 3.21. The van der Waals surface area contributed by atoms with Crippen molar-refractivity contribution in [3.8, 4) is 11.5 Å². The summed E-state index contributed by atoms with van der Waals surface area (Å²) in [4.78, 5) is 12.8. The van der Waals surface area contributed by atoms with Crippen LogP contribution in [0.15, 0.2) is 58.1 Å². The highest BCUT2D eigenvalue weighted by atomic mass is 79.9. The number of rotatable bonds is 7. The lowest BCUT2D eigenvalue weighted by molar-refractivity contribution is -0.135. The van der Waals surface area contributed by atoms with Gasteiger partial charge in [-0.05, 0) is 50.6 Å². The lowest BCUT2D eigenvalue weighted by Gasteiger charge is -2.28. The second-order valence-corrected chi connectivity index (χ2v) is 8.30. The van der Waals surface area contributed by atoms with E-state index in [2.05, 4.69) is 21.0 Å². The Labute approximate surface area is 174 Å². The van der Waals surface area contributed by atoms with E-state index in [9.17, 15) is 4.79 Å². The first kappa shape index (κ1) is 20.4. The van der Waals surface area contributed by atoms with E-state index in [0.29, 0.717) is 25.9 Å². The van der Waals surface area contributed by atoms with E-state index in [0.717, 1.165) is 27.2 Å². The number of hydrogen-bond acceptors (Lipinski definition) is 4. The monoisotopic (exact) mass is 444 g/mol. The Balaban J connectivity index is 1.59. The number of halogens is 1. The molecule has 0 atom stereocenters. The number of ether oxygens (including phenoxy) is 2. The SMILES string of the molecule is COc1cccc(C2=NN(C(=O)CCCOc3cccc(Br)c3)C(C)(C)C2)c1. The van der Waals surface area contributed by atoms with Crippen molar-refractivity contribution in [2.45, 2.75) is 38.6 Å². The summed E-state index contributed by atoms with van der Waals surface area (Å²) in [5.41, 5.74) is 1.55. The van der Waals surface area contributed by atoms with Crippen molar-refractivity contribution in [2.24, 2.45) is 5.10 Å². The molecule has 3 rings (SSSR count). The van der Waals surface area contributed by atoms with Gasteiger partial charge in [-0.25, -0.2) is 5.01 Å². The third-order valence-electron chi connectivity index (χ3n) is 4.63. The van der Waals surface area contributed by atoms with Crippen LogP contribution in [0.25, 0.3) is 0 Å². The lowest BCUT2D eigenvalue weighted by Crippen LogP contribution is -2.40. The Morgan fingerprint density at radius 3 is 2.68 bits per heavy atom. The largest absolute Gasteiger partial charge is 0.497 e. The number of benzene rings is 2. The Hall–Kier alpha value is -2.34. The van der Waals surface area contributed by atoms with Gasteiger partial charge in [0.25, 0.3) is 0 Å². The van der Waals surface area contributed by atoms with E-state index < -0.39 is 0 Å². The molecule has 0 spiro atoms. The summed E-state index contributed by atoms with van der Waals surface area (Å²) in [6, 6.07) is 15.5. The van der Waals surface area contributed by atoms with Crippen LogP contribution in [0.4, 0.5) is 0 Å². The Kier molecular flexibility index (Phi) is 6.39. The molecule has 148 valence electrons. The zero-order chi connectivity index (χ0) is 20.1. The normalized spacial score (nSPS) is 15.3. The molecule has 0 saturated carbocycles. The highest BCUT2D eigenvalue weighted by molar-refractivity contribution is 9.10. The Bertz CT molecular complexity index is 880. The van der Waals surface area contributed by atoms with Crippen LogP contribution >= 0.6 is 15.9 Å². The topological polar surface area (TPSA) is 51.1 Å². The smallest absolute Gasteiger partial charge is 0.243 e. The first-order chi connectivity index (χ1) is 13.4. The van der Waals surface area contributed by atoms with Gasteiger partial charge in [0.2, 0.25) is 5.91 Å². The van der Waals surface area contributed by atoms with Gasteiger partial charge in [0.15, 0.2) is 0 Å². The zero-order valence-electron chi connectivity index (χ0n) is 16.4. The minimum absolute atomic E-state index is 0.0146. The maximum atomic E-state index is 12.8. The van der Waals surface area contributed by atoms with Gasteiger partial charge in [-0.2, -0.15) is 5.10 Å². The molecule has 0 bridgehead atoms. The summed E-state index contributed by atoms with van der Waals surface area (Å²) < 4.78 is 12.0. The third-order valence-corrected chi connectivity index (χ3v) is 5.13. The molecule has 2 aromatic rings. The fraction of sp³-hybridized carbons (Fsp3) is 0.364. The van der Waals surface area contributed by atoms with Crippen molar-refractivity contribution in [1.82, 2.24) is 5.01 Å². The molecule has 0 saturated heterocycles. The molecule has 1 aliphatic rings. The number of hydrogen-bond donors (Lipinski definition) is 0. The second-order valence-electron chi connectivity index (χ2n) is 7.38. The first-order valence-electron chi connectivity index (χ1n) is 9.32.